The summed E-state index contributed by atoms with van der Waals surface area (Å²) in [5.74, 6) is -0.120. The second-order valence-corrected chi connectivity index (χ2v) is 5.84. The average Bonchev–Trinajstić information content (AvgIpc) is 2.92. The van der Waals surface area contributed by atoms with E-state index in [1.165, 1.54) is 0 Å². The van der Waals surface area contributed by atoms with Crippen LogP contribution in [0.25, 0.3) is 0 Å². The molecule has 0 bridgehead atoms. The van der Waals surface area contributed by atoms with Crippen LogP contribution in [0.4, 0.5) is 0 Å². The number of amides is 1. The molecule has 0 saturated heterocycles. The topological polar surface area (TPSA) is 42.0 Å². The van der Waals surface area contributed by atoms with Crippen molar-refractivity contribution in [2.45, 2.75) is 32.7 Å². The summed E-state index contributed by atoms with van der Waals surface area (Å²) in [7, 11) is 0. The van der Waals surface area contributed by atoms with Crippen LogP contribution in [0.5, 0.6) is 0 Å². The van der Waals surface area contributed by atoms with Crippen molar-refractivity contribution in [3.8, 4) is 0 Å². The molecule has 1 amide bonds. The van der Waals surface area contributed by atoms with Gasteiger partial charge in [-0.25, -0.2) is 4.98 Å². The van der Waals surface area contributed by atoms with Crippen molar-refractivity contribution in [3.63, 3.8) is 0 Å². The lowest BCUT2D eigenvalue weighted by Gasteiger charge is -2.13. The molecule has 0 spiro atoms. The third-order valence-electron chi connectivity index (χ3n) is 3.01. The molecule has 0 aromatic carbocycles. The summed E-state index contributed by atoms with van der Waals surface area (Å²) in [6.07, 6.45) is 1.79. The van der Waals surface area contributed by atoms with Gasteiger partial charge in [-0.3, -0.25) is 4.79 Å². The predicted octanol–water partition coefficient (Wildman–Crippen LogP) is 4.24. The number of pyridine rings is 1. The Morgan fingerprint density at radius 3 is 2.95 bits per heavy atom. The van der Waals surface area contributed by atoms with Crippen molar-refractivity contribution in [1.82, 2.24) is 10.3 Å². The highest BCUT2D eigenvalue weighted by atomic mass is 35.5. The van der Waals surface area contributed by atoms with E-state index in [9.17, 15) is 4.79 Å². The summed E-state index contributed by atoms with van der Waals surface area (Å²) >= 11 is 7.60. The maximum absolute atomic E-state index is 12.3. The SMILES string of the molecule is CCCc1cc(C(=O)NC(C)c2ccsc2)cc(Cl)n1. The van der Waals surface area contributed by atoms with Crippen LogP contribution < -0.4 is 5.32 Å². The lowest BCUT2D eigenvalue weighted by molar-refractivity contribution is 0.0939. The molecule has 0 radical (unpaired) electrons. The molecule has 2 aromatic heterocycles. The van der Waals surface area contributed by atoms with Gasteiger partial charge in [0, 0.05) is 11.3 Å². The van der Waals surface area contributed by atoms with Crippen molar-refractivity contribution in [3.05, 3.63) is 50.9 Å². The molecule has 1 atom stereocenters. The number of thiophene rings is 1. The molecule has 0 aliphatic heterocycles. The minimum atomic E-state index is -0.120. The molecule has 3 nitrogen and oxygen atoms in total. The number of rotatable bonds is 5. The number of aromatic nitrogens is 1. The minimum absolute atomic E-state index is 0.0182. The highest BCUT2D eigenvalue weighted by Gasteiger charge is 2.13. The first-order valence-corrected chi connectivity index (χ1v) is 7.91. The second-order valence-electron chi connectivity index (χ2n) is 4.67. The number of hydrogen-bond acceptors (Lipinski definition) is 3. The Kier molecular flexibility index (Phi) is 5.15. The lowest BCUT2D eigenvalue weighted by atomic mass is 10.1. The van der Waals surface area contributed by atoms with Crippen LogP contribution in [-0.4, -0.2) is 10.9 Å². The Morgan fingerprint density at radius 2 is 2.30 bits per heavy atom. The molecule has 0 saturated carbocycles. The van der Waals surface area contributed by atoms with Crippen LogP contribution >= 0.6 is 22.9 Å². The van der Waals surface area contributed by atoms with E-state index in [4.69, 9.17) is 11.6 Å². The van der Waals surface area contributed by atoms with Gasteiger partial charge in [0.05, 0.1) is 6.04 Å². The van der Waals surface area contributed by atoms with Gasteiger partial charge in [0.15, 0.2) is 0 Å². The summed E-state index contributed by atoms with van der Waals surface area (Å²) in [5, 5.41) is 7.38. The lowest BCUT2D eigenvalue weighted by Crippen LogP contribution is -2.26. The summed E-state index contributed by atoms with van der Waals surface area (Å²) in [6.45, 7) is 4.04. The van der Waals surface area contributed by atoms with Gasteiger partial charge in [-0.2, -0.15) is 11.3 Å². The Hall–Kier alpha value is -1.39. The summed E-state index contributed by atoms with van der Waals surface area (Å²) in [5.41, 5.74) is 2.53. The minimum Gasteiger partial charge on any atom is -0.345 e. The van der Waals surface area contributed by atoms with Crippen LogP contribution in [0.15, 0.2) is 29.0 Å². The van der Waals surface area contributed by atoms with Crippen molar-refractivity contribution in [2.24, 2.45) is 0 Å². The molecular formula is C15H17ClN2OS. The van der Waals surface area contributed by atoms with E-state index in [1.807, 2.05) is 29.8 Å². The molecule has 1 N–H and O–H groups in total. The Bertz CT molecular complexity index is 584. The summed E-state index contributed by atoms with van der Waals surface area (Å²) < 4.78 is 0. The third kappa shape index (κ3) is 3.81. The maximum Gasteiger partial charge on any atom is 0.251 e. The van der Waals surface area contributed by atoms with Crippen LogP contribution in [0, 0.1) is 0 Å². The molecule has 0 aliphatic carbocycles. The van der Waals surface area contributed by atoms with E-state index in [-0.39, 0.29) is 11.9 Å². The molecule has 106 valence electrons. The monoisotopic (exact) mass is 308 g/mol. The number of hydrogen-bond donors (Lipinski definition) is 1. The van der Waals surface area contributed by atoms with Crippen LogP contribution in [-0.2, 0) is 6.42 Å². The van der Waals surface area contributed by atoms with E-state index in [1.54, 1.807) is 17.4 Å². The molecule has 1 unspecified atom stereocenters. The Balaban J connectivity index is 2.12. The predicted molar refractivity (Wildman–Crippen MR) is 83.4 cm³/mol. The van der Waals surface area contributed by atoms with E-state index in [0.29, 0.717) is 10.7 Å². The standard InChI is InChI=1S/C15H17ClN2OS/c1-3-4-13-7-12(8-14(16)18-13)15(19)17-10(2)11-5-6-20-9-11/h5-10H,3-4H2,1-2H3,(H,17,19). The van der Waals surface area contributed by atoms with Crippen molar-refractivity contribution in [2.75, 3.05) is 0 Å². The average molecular weight is 309 g/mol. The quantitative estimate of drug-likeness (QED) is 0.839. The van der Waals surface area contributed by atoms with Crippen LogP contribution in [0.2, 0.25) is 5.15 Å². The second kappa shape index (κ2) is 6.86. The van der Waals surface area contributed by atoms with E-state index < -0.39 is 0 Å². The highest BCUT2D eigenvalue weighted by Crippen LogP contribution is 2.17. The molecule has 2 rings (SSSR count). The van der Waals surface area contributed by atoms with E-state index >= 15 is 0 Å². The fourth-order valence-electron chi connectivity index (χ4n) is 1.95. The number of nitrogens with one attached hydrogen (secondary N) is 1. The first kappa shape index (κ1) is 15.0. The van der Waals surface area contributed by atoms with Gasteiger partial charge in [0.1, 0.15) is 5.15 Å². The van der Waals surface area contributed by atoms with Gasteiger partial charge in [-0.15, -0.1) is 0 Å². The molecule has 0 aliphatic rings. The number of aryl methyl sites for hydroxylation is 1. The van der Waals surface area contributed by atoms with Crippen LogP contribution in [0.3, 0.4) is 0 Å². The van der Waals surface area contributed by atoms with Gasteiger partial charge in [-0.1, -0.05) is 24.9 Å². The maximum atomic E-state index is 12.3. The summed E-state index contributed by atoms with van der Waals surface area (Å²) in [6, 6.07) is 5.41. The van der Waals surface area contributed by atoms with Gasteiger partial charge >= 0.3 is 0 Å². The fourth-order valence-corrected chi connectivity index (χ4v) is 2.93. The molecular weight excluding hydrogens is 292 g/mol. The van der Waals surface area contributed by atoms with Gasteiger partial charge in [-0.05, 0) is 47.9 Å². The van der Waals surface area contributed by atoms with Gasteiger partial charge in [0.25, 0.3) is 5.91 Å². The summed E-state index contributed by atoms with van der Waals surface area (Å²) in [4.78, 5) is 16.5. The smallest absolute Gasteiger partial charge is 0.251 e. The molecule has 0 fully saturated rings. The van der Waals surface area contributed by atoms with Crippen molar-refractivity contribution in [1.29, 1.82) is 0 Å². The van der Waals surface area contributed by atoms with Crippen molar-refractivity contribution < 1.29 is 4.79 Å². The number of nitrogens with zero attached hydrogens (tertiary/aromatic N) is 1. The number of carbonyl (C=O) groups excluding carboxylic acids is 1. The fraction of sp³-hybridized carbons (Fsp3) is 0.333. The Labute approximate surface area is 128 Å². The first-order chi connectivity index (χ1) is 9.60. The molecule has 2 aromatic rings. The van der Waals surface area contributed by atoms with Crippen LogP contribution in [0.1, 0.15) is 47.9 Å². The van der Waals surface area contributed by atoms with Crippen molar-refractivity contribution >= 4 is 28.8 Å². The number of halogens is 1. The highest BCUT2D eigenvalue weighted by molar-refractivity contribution is 7.07. The zero-order valence-electron chi connectivity index (χ0n) is 11.5. The third-order valence-corrected chi connectivity index (χ3v) is 3.90. The largest absolute Gasteiger partial charge is 0.345 e. The Morgan fingerprint density at radius 1 is 1.50 bits per heavy atom. The zero-order valence-corrected chi connectivity index (χ0v) is 13.1. The van der Waals surface area contributed by atoms with E-state index in [2.05, 4.69) is 17.2 Å². The van der Waals surface area contributed by atoms with Gasteiger partial charge in [0.2, 0.25) is 0 Å². The van der Waals surface area contributed by atoms with E-state index in [0.717, 1.165) is 24.1 Å². The number of carbonyl (C=O) groups is 1. The molecule has 20 heavy (non-hydrogen) atoms. The molecule has 5 heteroatoms. The molecule has 2 heterocycles. The zero-order chi connectivity index (χ0) is 14.5. The first-order valence-electron chi connectivity index (χ1n) is 6.59. The van der Waals surface area contributed by atoms with Gasteiger partial charge < -0.3 is 5.32 Å². The normalized spacial score (nSPS) is 12.2.